The number of pyridine rings is 2. The topological polar surface area (TPSA) is 70.2 Å². The number of anilines is 5. The van der Waals surface area contributed by atoms with Gasteiger partial charge < -0.3 is 15.5 Å². The molecule has 0 saturated carbocycles. The number of benzene rings is 2. The minimum atomic E-state index is 0.0178. The van der Waals surface area contributed by atoms with Crippen molar-refractivity contribution in [1.82, 2.24) is 9.97 Å². The molecule has 1 amide bonds. The Balaban J connectivity index is 1.39. The fourth-order valence-corrected chi connectivity index (χ4v) is 3.71. The van der Waals surface area contributed by atoms with Gasteiger partial charge in [0, 0.05) is 58.8 Å². The van der Waals surface area contributed by atoms with Gasteiger partial charge in [-0.1, -0.05) is 6.07 Å². The second-order valence-corrected chi connectivity index (χ2v) is 7.48. The maximum absolute atomic E-state index is 13.1. The van der Waals surface area contributed by atoms with Gasteiger partial charge in [-0.15, -0.1) is 0 Å². The van der Waals surface area contributed by atoms with E-state index in [-0.39, 0.29) is 5.91 Å². The number of carbonyl (C=O) groups is 1. The van der Waals surface area contributed by atoms with E-state index in [1.54, 1.807) is 24.8 Å². The predicted octanol–water partition coefficient (Wildman–Crippen LogP) is 5.43. The maximum atomic E-state index is 13.1. The first-order chi connectivity index (χ1) is 15.2. The fraction of sp³-hybridized carbons (Fsp3) is 0.0800. The molecule has 5 rings (SSSR count). The van der Waals surface area contributed by atoms with Gasteiger partial charge in [0.1, 0.15) is 0 Å². The second kappa shape index (κ2) is 7.91. The Morgan fingerprint density at radius 2 is 1.45 bits per heavy atom. The lowest BCUT2D eigenvalue weighted by molar-refractivity contribution is 0.0996. The Bertz CT molecular complexity index is 1240. The molecule has 0 spiro atoms. The first-order valence-electron chi connectivity index (χ1n) is 10.1. The molecule has 0 aliphatic carbocycles. The van der Waals surface area contributed by atoms with Crippen molar-refractivity contribution in [1.29, 1.82) is 0 Å². The van der Waals surface area contributed by atoms with Crippen LogP contribution in [0.5, 0.6) is 0 Å². The van der Waals surface area contributed by atoms with Crippen molar-refractivity contribution in [2.75, 3.05) is 15.5 Å². The molecule has 2 N–H and O–H groups in total. The summed E-state index contributed by atoms with van der Waals surface area (Å²) in [7, 11) is 0. The highest BCUT2D eigenvalue weighted by Crippen LogP contribution is 2.33. The van der Waals surface area contributed by atoms with Gasteiger partial charge >= 0.3 is 0 Å². The number of nitrogens with zero attached hydrogens (tertiary/aromatic N) is 3. The van der Waals surface area contributed by atoms with Crippen molar-refractivity contribution in [2.45, 2.75) is 13.5 Å². The number of nitrogens with one attached hydrogen (secondary N) is 2. The highest BCUT2D eigenvalue weighted by molar-refractivity contribution is 6.10. The molecule has 0 atom stereocenters. The average molecular weight is 407 g/mol. The minimum Gasteiger partial charge on any atom is -0.355 e. The van der Waals surface area contributed by atoms with Crippen molar-refractivity contribution in [2.24, 2.45) is 0 Å². The van der Waals surface area contributed by atoms with Crippen LogP contribution < -0.4 is 15.5 Å². The molecule has 1 aliphatic heterocycles. The van der Waals surface area contributed by atoms with Gasteiger partial charge in [0.25, 0.3) is 5.91 Å². The summed E-state index contributed by atoms with van der Waals surface area (Å²) in [6.45, 7) is 2.59. The highest BCUT2D eigenvalue weighted by Gasteiger charge is 2.29. The smallest absolute Gasteiger partial charge is 0.258 e. The van der Waals surface area contributed by atoms with Gasteiger partial charge in [-0.05, 0) is 72.6 Å². The Kier molecular flexibility index (Phi) is 4.80. The molecule has 1 aliphatic rings. The normalized spacial score (nSPS) is 12.5. The summed E-state index contributed by atoms with van der Waals surface area (Å²) in [5.74, 6) is 0.0178. The summed E-state index contributed by atoms with van der Waals surface area (Å²) in [5.41, 5.74) is 7.55. The minimum absolute atomic E-state index is 0.0178. The van der Waals surface area contributed by atoms with Crippen LogP contribution in [0.25, 0.3) is 0 Å². The van der Waals surface area contributed by atoms with Crippen LogP contribution in [0.3, 0.4) is 0 Å². The molecule has 2 aromatic heterocycles. The molecule has 2 aromatic carbocycles. The van der Waals surface area contributed by atoms with Gasteiger partial charge in [0.05, 0.1) is 6.54 Å². The molecule has 0 unspecified atom stereocenters. The maximum Gasteiger partial charge on any atom is 0.258 e. The lowest BCUT2D eigenvalue weighted by atomic mass is 10.1. The van der Waals surface area contributed by atoms with E-state index < -0.39 is 0 Å². The molecule has 152 valence electrons. The molecule has 31 heavy (non-hydrogen) atoms. The standard InChI is InChI=1S/C25H21N5O/c1-17-2-4-22(15-24(17)29-20-8-12-27-13-9-20)30-16-18-14-21(3-5-23(18)25(30)31)28-19-6-10-26-11-7-19/h2-15H,16H2,1H3,(H,26,28)(H,27,29). The second-order valence-electron chi connectivity index (χ2n) is 7.48. The first-order valence-corrected chi connectivity index (χ1v) is 10.1. The van der Waals surface area contributed by atoms with E-state index in [0.29, 0.717) is 6.54 Å². The Morgan fingerprint density at radius 1 is 0.774 bits per heavy atom. The molecule has 6 heteroatoms. The highest BCUT2D eigenvalue weighted by atomic mass is 16.2. The van der Waals surface area contributed by atoms with Crippen LogP contribution in [-0.2, 0) is 6.54 Å². The third-order valence-electron chi connectivity index (χ3n) is 5.37. The van der Waals surface area contributed by atoms with E-state index in [2.05, 4.69) is 20.6 Å². The summed E-state index contributed by atoms with van der Waals surface area (Å²) in [6, 6.07) is 19.6. The lowest BCUT2D eigenvalue weighted by Gasteiger charge is -2.18. The summed E-state index contributed by atoms with van der Waals surface area (Å²) in [6.07, 6.45) is 6.99. The number of fused-ring (bicyclic) bond motifs is 1. The molecule has 4 aromatic rings. The van der Waals surface area contributed by atoms with Crippen LogP contribution in [-0.4, -0.2) is 15.9 Å². The van der Waals surface area contributed by atoms with Crippen molar-refractivity contribution in [3.8, 4) is 0 Å². The van der Waals surface area contributed by atoms with E-state index in [4.69, 9.17) is 0 Å². The number of amides is 1. The number of carbonyl (C=O) groups excluding carboxylic acids is 1. The Morgan fingerprint density at radius 3 is 2.16 bits per heavy atom. The van der Waals surface area contributed by atoms with Gasteiger partial charge in [0.2, 0.25) is 0 Å². The number of rotatable bonds is 5. The molecule has 0 fully saturated rings. The molecular formula is C25H21N5O. The molecule has 0 radical (unpaired) electrons. The number of hydrogen-bond acceptors (Lipinski definition) is 5. The van der Waals surface area contributed by atoms with E-state index in [1.807, 2.05) is 72.5 Å². The van der Waals surface area contributed by atoms with E-state index in [0.717, 1.165) is 45.1 Å². The zero-order valence-corrected chi connectivity index (χ0v) is 17.0. The third-order valence-corrected chi connectivity index (χ3v) is 5.37. The third kappa shape index (κ3) is 3.83. The zero-order valence-electron chi connectivity index (χ0n) is 17.0. The van der Waals surface area contributed by atoms with Gasteiger partial charge in [-0.3, -0.25) is 14.8 Å². The molecule has 3 heterocycles. The molecular weight excluding hydrogens is 386 g/mol. The van der Waals surface area contributed by atoms with Gasteiger partial charge in [0.15, 0.2) is 0 Å². The van der Waals surface area contributed by atoms with Crippen LogP contribution in [0.2, 0.25) is 0 Å². The van der Waals surface area contributed by atoms with E-state index in [1.165, 1.54) is 0 Å². The molecule has 0 saturated heterocycles. The Labute approximate surface area is 180 Å². The van der Waals surface area contributed by atoms with Crippen molar-refractivity contribution in [3.63, 3.8) is 0 Å². The van der Waals surface area contributed by atoms with Crippen molar-refractivity contribution in [3.05, 3.63) is 102 Å². The van der Waals surface area contributed by atoms with Crippen LogP contribution in [0, 0.1) is 6.92 Å². The van der Waals surface area contributed by atoms with Crippen molar-refractivity contribution < 1.29 is 4.79 Å². The first kappa shape index (κ1) is 18.8. The van der Waals surface area contributed by atoms with Crippen LogP contribution in [0.4, 0.5) is 28.4 Å². The Hall–Kier alpha value is -4.19. The summed E-state index contributed by atoms with van der Waals surface area (Å²) in [4.78, 5) is 23.0. The molecule has 6 nitrogen and oxygen atoms in total. The summed E-state index contributed by atoms with van der Waals surface area (Å²) in [5, 5.41) is 6.78. The van der Waals surface area contributed by atoms with Gasteiger partial charge in [-0.25, -0.2) is 0 Å². The summed E-state index contributed by atoms with van der Waals surface area (Å²) < 4.78 is 0. The van der Waals surface area contributed by atoms with Crippen LogP contribution >= 0.6 is 0 Å². The largest absolute Gasteiger partial charge is 0.355 e. The monoisotopic (exact) mass is 407 g/mol. The lowest BCUT2D eigenvalue weighted by Crippen LogP contribution is -2.23. The van der Waals surface area contributed by atoms with Gasteiger partial charge in [-0.2, -0.15) is 0 Å². The quantitative estimate of drug-likeness (QED) is 0.461. The van der Waals surface area contributed by atoms with Crippen LogP contribution in [0.1, 0.15) is 21.5 Å². The van der Waals surface area contributed by atoms with Crippen LogP contribution in [0.15, 0.2) is 85.5 Å². The summed E-state index contributed by atoms with van der Waals surface area (Å²) >= 11 is 0. The average Bonchev–Trinajstić information content (AvgIpc) is 3.12. The van der Waals surface area contributed by atoms with E-state index in [9.17, 15) is 4.79 Å². The number of hydrogen-bond donors (Lipinski definition) is 2. The van der Waals surface area contributed by atoms with Crippen molar-refractivity contribution >= 4 is 34.3 Å². The van der Waals surface area contributed by atoms with E-state index >= 15 is 0 Å². The number of aromatic nitrogens is 2. The SMILES string of the molecule is Cc1ccc(N2Cc3cc(Nc4ccncc4)ccc3C2=O)cc1Nc1ccncc1. The predicted molar refractivity (Wildman–Crippen MR) is 123 cm³/mol. The zero-order chi connectivity index (χ0) is 21.2. The fourth-order valence-electron chi connectivity index (χ4n) is 3.71. The molecule has 0 bridgehead atoms. The number of aryl methyl sites for hydroxylation is 1.